The van der Waals surface area contributed by atoms with Crippen LogP contribution in [0.15, 0.2) is 23.1 Å². The molecular weight excluding hydrogens is 248 g/mol. The predicted molar refractivity (Wildman–Crippen MR) is 72.6 cm³/mol. The molecule has 0 spiro atoms. The van der Waals surface area contributed by atoms with Crippen LogP contribution in [-0.2, 0) is 10.2 Å². The highest BCUT2D eigenvalue weighted by molar-refractivity contribution is 7.98. The molecule has 1 aliphatic carbocycles. The molecule has 0 heterocycles. The third kappa shape index (κ3) is 1.99. The number of benzene rings is 1. The highest BCUT2D eigenvalue weighted by Crippen LogP contribution is 2.47. The van der Waals surface area contributed by atoms with Crippen LogP contribution in [0.25, 0.3) is 0 Å². The molecule has 0 aliphatic heterocycles. The Morgan fingerprint density at radius 3 is 2.56 bits per heavy atom. The summed E-state index contributed by atoms with van der Waals surface area (Å²) in [5.41, 5.74) is 0.0822. The minimum atomic E-state index is -0.753. The average Bonchev–Trinajstić information content (AvgIpc) is 2.88. The number of rotatable bonds is 4. The van der Waals surface area contributed by atoms with E-state index < -0.39 is 11.4 Å². The van der Waals surface area contributed by atoms with Crippen LogP contribution in [0.4, 0.5) is 0 Å². The van der Waals surface area contributed by atoms with Crippen LogP contribution in [0, 0.1) is 0 Å². The quantitative estimate of drug-likeness (QED) is 0.849. The highest BCUT2D eigenvalue weighted by Gasteiger charge is 2.45. The van der Waals surface area contributed by atoms with Gasteiger partial charge in [-0.15, -0.1) is 11.8 Å². The van der Waals surface area contributed by atoms with Gasteiger partial charge in [-0.05, 0) is 25.2 Å². The zero-order valence-electron chi connectivity index (χ0n) is 10.7. The lowest BCUT2D eigenvalue weighted by Gasteiger charge is -2.27. The van der Waals surface area contributed by atoms with Crippen LogP contribution in [0.3, 0.4) is 0 Å². The Balaban J connectivity index is 2.58. The average molecular weight is 266 g/mol. The highest BCUT2D eigenvalue weighted by atomic mass is 32.2. The second kappa shape index (κ2) is 5.22. The Hall–Kier alpha value is -1.16. The molecule has 0 aromatic heterocycles. The van der Waals surface area contributed by atoms with Gasteiger partial charge in [0.1, 0.15) is 5.75 Å². The second-order valence-corrected chi connectivity index (χ2v) is 5.48. The van der Waals surface area contributed by atoms with E-state index in [0.29, 0.717) is 12.8 Å². The molecule has 3 nitrogen and oxygen atoms in total. The van der Waals surface area contributed by atoms with Gasteiger partial charge >= 0.3 is 5.97 Å². The summed E-state index contributed by atoms with van der Waals surface area (Å²) in [4.78, 5) is 12.7. The summed E-state index contributed by atoms with van der Waals surface area (Å²) in [7, 11) is 1.61. The number of carbonyl (C=O) groups is 1. The van der Waals surface area contributed by atoms with E-state index in [-0.39, 0.29) is 0 Å². The molecule has 1 aromatic rings. The molecule has 0 atom stereocenters. The first-order chi connectivity index (χ1) is 8.65. The van der Waals surface area contributed by atoms with Crippen molar-refractivity contribution in [2.24, 2.45) is 0 Å². The maximum absolute atomic E-state index is 11.7. The lowest BCUT2D eigenvalue weighted by molar-refractivity contribution is -0.143. The maximum atomic E-state index is 11.7. The number of thioether (sulfide) groups is 1. The molecule has 1 aliphatic rings. The molecule has 0 unspecified atom stereocenters. The molecule has 1 aromatic carbocycles. The minimum absolute atomic E-state index is 0.705. The molecule has 1 N–H and O–H groups in total. The third-order valence-corrected chi connectivity index (χ3v) is 4.55. The van der Waals surface area contributed by atoms with Crippen LogP contribution in [0.5, 0.6) is 5.75 Å². The number of carboxylic acid groups (broad SMARTS) is 1. The Kier molecular flexibility index (Phi) is 3.85. The molecule has 18 heavy (non-hydrogen) atoms. The van der Waals surface area contributed by atoms with Gasteiger partial charge in [-0.3, -0.25) is 4.79 Å². The SMILES string of the molecule is COc1c(SC)cccc1C1(C(=O)O)CCCC1. The van der Waals surface area contributed by atoms with Gasteiger partial charge in [0, 0.05) is 10.5 Å². The van der Waals surface area contributed by atoms with E-state index in [9.17, 15) is 9.90 Å². The molecule has 0 amide bonds. The molecular formula is C14H18O3S. The van der Waals surface area contributed by atoms with E-state index in [2.05, 4.69) is 0 Å². The molecule has 1 saturated carbocycles. The van der Waals surface area contributed by atoms with Gasteiger partial charge < -0.3 is 9.84 Å². The Labute approximate surface area is 112 Å². The number of para-hydroxylation sites is 1. The number of hydrogen-bond donors (Lipinski definition) is 1. The summed E-state index contributed by atoms with van der Waals surface area (Å²) in [5, 5.41) is 9.64. The smallest absolute Gasteiger partial charge is 0.314 e. The van der Waals surface area contributed by atoms with Crippen LogP contribution >= 0.6 is 11.8 Å². The lowest BCUT2D eigenvalue weighted by Crippen LogP contribution is -2.33. The summed E-state index contributed by atoms with van der Waals surface area (Å²) in [5.74, 6) is 0.00542. The first kappa shape index (κ1) is 13.3. The zero-order chi connectivity index (χ0) is 13.2. The fourth-order valence-electron chi connectivity index (χ4n) is 2.84. The van der Waals surface area contributed by atoms with Gasteiger partial charge in [0.05, 0.1) is 12.5 Å². The number of carboxylic acids is 1. The van der Waals surface area contributed by atoms with Crippen LogP contribution in [-0.4, -0.2) is 24.4 Å². The lowest BCUT2D eigenvalue weighted by atomic mass is 9.78. The van der Waals surface area contributed by atoms with Gasteiger partial charge in [0.2, 0.25) is 0 Å². The predicted octanol–water partition coefficient (Wildman–Crippen LogP) is 3.31. The van der Waals surface area contributed by atoms with Gasteiger partial charge in [0.25, 0.3) is 0 Å². The fraction of sp³-hybridized carbons (Fsp3) is 0.500. The molecule has 4 heteroatoms. The van der Waals surface area contributed by atoms with E-state index >= 15 is 0 Å². The van der Waals surface area contributed by atoms with Crippen molar-refractivity contribution in [1.29, 1.82) is 0 Å². The van der Waals surface area contributed by atoms with Crippen LogP contribution < -0.4 is 4.74 Å². The number of hydrogen-bond acceptors (Lipinski definition) is 3. The van der Waals surface area contributed by atoms with Crippen molar-refractivity contribution < 1.29 is 14.6 Å². The first-order valence-corrected chi connectivity index (χ1v) is 7.33. The van der Waals surface area contributed by atoms with Crippen molar-refractivity contribution in [1.82, 2.24) is 0 Å². The minimum Gasteiger partial charge on any atom is -0.495 e. The Morgan fingerprint density at radius 2 is 2.06 bits per heavy atom. The summed E-state index contributed by atoms with van der Waals surface area (Å²) >= 11 is 1.59. The first-order valence-electron chi connectivity index (χ1n) is 6.10. The van der Waals surface area contributed by atoms with E-state index in [1.54, 1.807) is 18.9 Å². The van der Waals surface area contributed by atoms with E-state index in [1.807, 2.05) is 24.5 Å². The summed E-state index contributed by atoms with van der Waals surface area (Å²) < 4.78 is 5.47. The van der Waals surface area contributed by atoms with E-state index in [1.165, 1.54) is 0 Å². The molecule has 0 bridgehead atoms. The largest absolute Gasteiger partial charge is 0.495 e. The van der Waals surface area contributed by atoms with E-state index in [0.717, 1.165) is 29.1 Å². The summed E-state index contributed by atoms with van der Waals surface area (Å²) in [6, 6.07) is 5.79. The van der Waals surface area contributed by atoms with Crippen LogP contribution in [0.2, 0.25) is 0 Å². The molecule has 0 radical (unpaired) electrons. The van der Waals surface area contributed by atoms with Crippen molar-refractivity contribution in [3.8, 4) is 5.75 Å². The number of methoxy groups -OCH3 is 1. The van der Waals surface area contributed by atoms with Crippen molar-refractivity contribution >= 4 is 17.7 Å². The normalized spacial score (nSPS) is 17.7. The van der Waals surface area contributed by atoms with Gasteiger partial charge in [0.15, 0.2) is 0 Å². The van der Waals surface area contributed by atoms with Gasteiger partial charge in [-0.2, -0.15) is 0 Å². The van der Waals surface area contributed by atoms with Gasteiger partial charge in [-0.1, -0.05) is 25.0 Å². The summed E-state index contributed by atoms with van der Waals surface area (Å²) in [6.45, 7) is 0. The van der Waals surface area contributed by atoms with Crippen molar-refractivity contribution in [3.63, 3.8) is 0 Å². The Morgan fingerprint density at radius 1 is 1.39 bits per heavy atom. The molecule has 0 saturated heterocycles. The summed E-state index contributed by atoms with van der Waals surface area (Å²) in [6.07, 6.45) is 5.33. The van der Waals surface area contributed by atoms with Crippen molar-refractivity contribution in [3.05, 3.63) is 23.8 Å². The molecule has 98 valence electrons. The van der Waals surface area contributed by atoms with Crippen molar-refractivity contribution in [2.45, 2.75) is 36.0 Å². The van der Waals surface area contributed by atoms with Crippen LogP contribution in [0.1, 0.15) is 31.2 Å². The van der Waals surface area contributed by atoms with E-state index in [4.69, 9.17) is 4.74 Å². The van der Waals surface area contributed by atoms with Crippen molar-refractivity contribution in [2.75, 3.05) is 13.4 Å². The zero-order valence-corrected chi connectivity index (χ0v) is 11.5. The number of aliphatic carboxylic acids is 1. The maximum Gasteiger partial charge on any atom is 0.314 e. The number of ether oxygens (including phenoxy) is 1. The monoisotopic (exact) mass is 266 g/mol. The molecule has 2 rings (SSSR count). The topological polar surface area (TPSA) is 46.5 Å². The standard InChI is InChI=1S/C14H18O3S/c1-17-12-10(6-5-7-11(12)18-2)14(13(15)16)8-3-4-9-14/h5-7H,3-4,8-9H2,1-2H3,(H,15,16). The Bertz CT molecular complexity index is 450. The second-order valence-electron chi connectivity index (χ2n) is 4.64. The molecule has 1 fully saturated rings. The third-order valence-electron chi connectivity index (χ3n) is 3.79. The fourth-order valence-corrected chi connectivity index (χ4v) is 3.43. The van der Waals surface area contributed by atoms with Gasteiger partial charge in [-0.25, -0.2) is 0 Å².